The first-order valence-electron chi connectivity index (χ1n) is 2.75. The van der Waals surface area contributed by atoms with E-state index in [-0.39, 0.29) is 31.1 Å². The Morgan fingerprint density at radius 3 is 2.45 bits per heavy atom. The molecule has 1 aromatic rings. The summed E-state index contributed by atoms with van der Waals surface area (Å²) in [5.41, 5.74) is 0. The molecule has 1 heterocycles. The third kappa shape index (κ3) is 3.76. The molecule has 0 atom stereocenters. The molecule has 0 aliphatic heterocycles. The number of carbonyl (C=O) groups excluding carboxylic acids is 1. The van der Waals surface area contributed by atoms with E-state index < -0.39 is 5.97 Å². The average molecular weight is 144 g/mol. The van der Waals surface area contributed by atoms with Crippen molar-refractivity contribution < 1.29 is 28.8 Å². The second-order valence-corrected chi connectivity index (χ2v) is 1.71. The molecule has 0 amide bonds. The van der Waals surface area contributed by atoms with E-state index >= 15 is 0 Å². The van der Waals surface area contributed by atoms with Crippen LogP contribution < -0.4 is 24.0 Å². The predicted octanol–water partition coefficient (Wildman–Crippen LogP) is -4.23. The van der Waals surface area contributed by atoms with Crippen LogP contribution in [0.25, 0.3) is 0 Å². The van der Waals surface area contributed by atoms with Gasteiger partial charge in [0.05, 0.1) is 0 Å². The Bertz CT molecular complexity index is 227. The van der Waals surface area contributed by atoms with Crippen LogP contribution in [0.4, 0.5) is 0 Å². The van der Waals surface area contributed by atoms with E-state index in [1.54, 1.807) is 6.07 Å². The molecule has 11 heavy (non-hydrogen) atoms. The molecule has 4 nitrogen and oxygen atoms in total. The predicted molar refractivity (Wildman–Crippen MR) is 30.7 cm³/mol. The van der Waals surface area contributed by atoms with E-state index in [1.807, 2.05) is 0 Å². The van der Waals surface area contributed by atoms with Gasteiger partial charge in [-0.25, -0.2) is 9.97 Å². The second kappa shape index (κ2) is 4.89. The SMILES string of the molecule is O=C([O-])Cc1ncccn1.[Li+]. The number of aromatic nitrogens is 2. The number of carboxylic acid groups (broad SMARTS) is 1. The van der Waals surface area contributed by atoms with Gasteiger partial charge in [-0.1, -0.05) is 0 Å². The fourth-order valence-electron chi connectivity index (χ4n) is 0.550. The van der Waals surface area contributed by atoms with Gasteiger partial charge in [0.1, 0.15) is 5.82 Å². The van der Waals surface area contributed by atoms with Gasteiger partial charge in [0.15, 0.2) is 0 Å². The molecule has 0 bridgehead atoms. The fourth-order valence-corrected chi connectivity index (χ4v) is 0.550. The Hall–Kier alpha value is -0.853. The summed E-state index contributed by atoms with van der Waals surface area (Å²) in [6, 6.07) is 1.62. The molecule has 0 saturated carbocycles. The first-order valence-corrected chi connectivity index (χ1v) is 2.75. The number of nitrogens with zero attached hydrogens (tertiary/aromatic N) is 2. The summed E-state index contributed by atoms with van der Waals surface area (Å²) in [7, 11) is 0. The summed E-state index contributed by atoms with van der Waals surface area (Å²) in [4.78, 5) is 17.4. The topological polar surface area (TPSA) is 65.9 Å². The van der Waals surface area contributed by atoms with E-state index in [0.717, 1.165) is 0 Å². The van der Waals surface area contributed by atoms with Gasteiger partial charge in [0, 0.05) is 24.8 Å². The molecule has 5 heteroatoms. The molecule has 0 spiro atoms. The van der Waals surface area contributed by atoms with Gasteiger partial charge in [0.2, 0.25) is 0 Å². The van der Waals surface area contributed by atoms with Crippen LogP contribution in [0, 0.1) is 0 Å². The number of hydrogen-bond acceptors (Lipinski definition) is 4. The standard InChI is InChI=1S/C6H6N2O2.Li/c9-6(10)4-5-7-2-1-3-8-5;/h1-3H,4H2,(H,9,10);/q;+1/p-1. The second-order valence-electron chi connectivity index (χ2n) is 1.71. The minimum absolute atomic E-state index is 0. The zero-order valence-corrected chi connectivity index (χ0v) is 6.15. The van der Waals surface area contributed by atoms with E-state index in [9.17, 15) is 9.90 Å². The molecule has 0 aliphatic carbocycles. The summed E-state index contributed by atoms with van der Waals surface area (Å²) >= 11 is 0. The zero-order chi connectivity index (χ0) is 7.40. The number of carboxylic acids is 1. The van der Waals surface area contributed by atoms with Crippen LogP contribution in [0.15, 0.2) is 18.5 Å². The van der Waals surface area contributed by atoms with Gasteiger partial charge in [-0.2, -0.15) is 0 Å². The Kier molecular flexibility index (Phi) is 4.51. The van der Waals surface area contributed by atoms with Crippen LogP contribution >= 0.6 is 0 Å². The third-order valence-corrected chi connectivity index (χ3v) is 0.922. The first-order chi connectivity index (χ1) is 4.79. The number of aliphatic carboxylic acids is 1. The molecule has 1 aromatic heterocycles. The molecule has 52 valence electrons. The van der Waals surface area contributed by atoms with Gasteiger partial charge >= 0.3 is 18.9 Å². The van der Waals surface area contributed by atoms with E-state index in [0.29, 0.717) is 0 Å². The molecule has 0 aliphatic rings. The van der Waals surface area contributed by atoms with Crippen LogP contribution in [0.3, 0.4) is 0 Å². The Morgan fingerprint density at radius 1 is 1.45 bits per heavy atom. The van der Waals surface area contributed by atoms with Gasteiger partial charge in [0.25, 0.3) is 0 Å². The molecule has 0 N–H and O–H groups in total. The first kappa shape index (κ1) is 10.1. The zero-order valence-electron chi connectivity index (χ0n) is 6.15. The molecule has 0 radical (unpaired) electrons. The van der Waals surface area contributed by atoms with E-state index in [4.69, 9.17) is 0 Å². The largest absolute Gasteiger partial charge is 1.00 e. The summed E-state index contributed by atoms with van der Waals surface area (Å²) in [5, 5.41) is 9.98. The molecule has 1 rings (SSSR count). The van der Waals surface area contributed by atoms with Gasteiger partial charge < -0.3 is 9.90 Å². The third-order valence-electron chi connectivity index (χ3n) is 0.922. The van der Waals surface area contributed by atoms with Gasteiger partial charge in [-0.15, -0.1) is 0 Å². The number of carbonyl (C=O) groups is 1. The molecular formula is C6H5LiN2O2. The van der Waals surface area contributed by atoms with Crippen molar-refractivity contribution in [2.24, 2.45) is 0 Å². The fraction of sp³-hybridized carbons (Fsp3) is 0.167. The maximum absolute atomic E-state index is 9.98. The van der Waals surface area contributed by atoms with Crippen molar-refractivity contribution >= 4 is 5.97 Å². The minimum atomic E-state index is -1.16. The maximum Gasteiger partial charge on any atom is 1.00 e. The average Bonchev–Trinajstić information content (AvgIpc) is 1.88. The molecule has 0 fully saturated rings. The van der Waals surface area contributed by atoms with Crippen LogP contribution in [0.2, 0.25) is 0 Å². The van der Waals surface area contributed by atoms with Crippen LogP contribution in [0.5, 0.6) is 0 Å². The Balaban J connectivity index is 0.000001000. The van der Waals surface area contributed by atoms with E-state index in [2.05, 4.69) is 9.97 Å². The van der Waals surface area contributed by atoms with Crippen molar-refractivity contribution in [2.75, 3.05) is 0 Å². The molecule has 0 unspecified atom stereocenters. The summed E-state index contributed by atoms with van der Waals surface area (Å²) in [6.07, 6.45) is 2.76. The molecular weight excluding hydrogens is 139 g/mol. The summed E-state index contributed by atoms with van der Waals surface area (Å²) in [5.74, 6) is -0.881. The van der Waals surface area contributed by atoms with Gasteiger partial charge in [-0.3, -0.25) is 0 Å². The molecule has 0 saturated heterocycles. The Morgan fingerprint density at radius 2 is 2.00 bits per heavy atom. The van der Waals surface area contributed by atoms with Crippen molar-refractivity contribution in [1.29, 1.82) is 0 Å². The van der Waals surface area contributed by atoms with Crippen LogP contribution in [-0.4, -0.2) is 15.9 Å². The van der Waals surface area contributed by atoms with Crippen molar-refractivity contribution in [3.63, 3.8) is 0 Å². The molecule has 0 aromatic carbocycles. The summed E-state index contributed by atoms with van der Waals surface area (Å²) < 4.78 is 0. The normalized spacial score (nSPS) is 8.36. The maximum atomic E-state index is 9.98. The number of hydrogen-bond donors (Lipinski definition) is 0. The van der Waals surface area contributed by atoms with Gasteiger partial charge in [-0.05, 0) is 6.07 Å². The van der Waals surface area contributed by atoms with Crippen molar-refractivity contribution in [3.8, 4) is 0 Å². The van der Waals surface area contributed by atoms with Crippen LogP contribution in [-0.2, 0) is 11.2 Å². The van der Waals surface area contributed by atoms with Crippen molar-refractivity contribution in [2.45, 2.75) is 6.42 Å². The van der Waals surface area contributed by atoms with Crippen LogP contribution in [0.1, 0.15) is 5.82 Å². The number of rotatable bonds is 2. The Labute approximate surface area is 75.9 Å². The summed E-state index contributed by atoms with van der Waals surface area (Å²) in [6.45, 7) is 0. The smallest absolute Gasteiger partial charge is 0.550 e. The van der Waals surface area contributed by atoms with Crippen molar-refractivity contribution in [3.05, 3.63) is 24.3 Å². The quantitative estimate of drug-likeness (QED) is 0.394. The monoisotopic (exact) mass is 144 g/mol. The van der Waals surface area contributed by atoms with E-state index in [1.165, 1.54) is 12.4 Å². The minimum Gasteiger partial charge on any atom is -0.550 e. The van der Waals surface area contributed by atoms with Crippen molar-refractivity contribution in [1.82, 2.24) is 9.97 Å².